The first-order valence-electron chi connectivity index (χ1n) is 5.21. The molecule has 4 nitrogen and oxygen atoms in total. The molecule has 1 rings (SSSR count). The number of sulfonamides is 1. The molecule has 1 aromatic rings. The Morgan fingerprint density at radius 3 is 2.53 bits per heavy atom. The van der Waals surface area contributed by atoms with Gasteiger partial charge in [0.2, 0.25) is 10.0 Å². The highest BCUT2D eigenvalue weighted by Crippen LogP contribution is 2.15. The Labute approximate surface area is 107 Å². The van der Waals surface area contributed by atoms with Crippen LogP contribution in [0.1, 0.15) is 18.4 Å². The summed E-state index contributed by atoms with van der Waals surface area (Å²) in [5.74, 6) is -0.0420. The second kappa shape index (κ2) is 6.09. The maximum Gasteiger partial charge on any atom is 0.212 e. The molecule has 0 aromatic heterocycles. The molecule has 3 N–H and O–H groups in total. The average Bonchev–Trinajstić information content (AvgIpc) is 2.27. The van der Waals surface area contributed by atoms with E-state index in [1.807, 2.05) is 37.3 Å². The van der Waals surface area contributed by atoms with Crippen LogP contribution < -0.4 is 10.5 Å². The summed E-state index contributed by atoms with van der Waals surface area (Å²) in [5, 5.41) is 0. The molecule has 0 spiro atoms. The molecule has 0 amide bonds. The summed E-state index contributed by atoms with van der Waals surface area (Å²) in [6, 6.07) is 9.50. The van der Waals surface area contributed by atoms with E-state index < -0.39 is 10.0 Å². The predicted molar refractivity (Wildman–Crippen MR) is 73.4 cm³/mol. The number of thiocarbonyl (C=S) groups is 1. The van der Waals surface area contributed by atoms with Crippen LogP contribution in [0.4, 0.5) is 0 Å². The Bertz CT molecular complexity index is 472. The van der Waals surface area contributed by atoms with E-state index in [4.69, 9.17) is 5.73 Å². The molecule has 0 fully saturated rings. The number of hydrogen-bond donors (Lipinski definition) is 2. The first-order valence-corrected chi connectivity index (χ1v) is 7.27. The van der Waals surface area contributed by atoms with E-state index in [9.17, 15) is 8.42 Å². The molecule has 0 saturated carbocycles. The van der Waals surface area contributed by atoms with Gasteiger partial charge in [0.1, 0.15) is 0 Å². The number of nitrogens with one attached hydrogen (secondary N) is 1. The molecule has 6 heteroatoms. The van der Waals surface area contributed by atoms with Crippen molar-refractivity contribution in [2.45, 2.75) is 12.8 Å². The highest BCUT2D eigenvalue weighted by atomic mass is 32.2. The molecular formula is C11H16N2O2S2. The first-order chi connectivity index (χ1) is 7.91. The predicted octanol–water partition coefficient (Wildman–Crippen LogP) is 0.996. The van der Waals surface area contributed by atoms with Crippen LogP contribution in [0.3, 0.4) is 0 Å². The Balaban J connectivity index is 2.62. The lowest BCUT2D eigenvalue weighted by atomic mass is 10.0. The molecular weight excluding hydrogens is 256 g/mol. The van der Waals surface area contributed by atoms with Crippen LogP contribution in [-0.4, -0.2) is 25.7 Å². The average molecular weight is 272 g/mol. The Morgan fingerprint density at radius 1 is 1.41 bits per heavy atom. The number of nitrogens with two attached hydrogens (primary N) is 1. The standard InChI is InChI=1S/C11H16N2O2S2/c1-9(10-5-3-2-4-6-10)8-17(14,15)13-7-11(12)16/h2-6,9,13H,7-8H2,1H3,(H2,12,16). The van der Waals surface area contributed by atoms with Crippen molar-refractivity contribution in [2.75, 3.05) is 12.3 Å². The third-order valence-corrected chi connectivity index (χ3v) is 3.97. The van der Waals surface area contributed by atoms with Crippen LogP contribution in [0.25, 0.3) is 0 Å². The fourth-order valence-electron chi connectivity index (χ4n) is 1.45. The van der Waals surface area contributed by atoms with Gasteiger partial charge in [0.15, 0.2) is 0 Å². The quantitative estimate of drug-likeness (QED) is 0.758. The van der Waals surface area contributed by atoms with Crippen LogP contribution in [0.15, 0.2) is 30.3 Å². The molecule has 0 aliphatic carbocycles. The molecule has 0 radical (unpaired) electrons. The van der Waals surface area contributed by atoms with Gasteiger partial charge >= 0.3 is 0 Å². The zero-order chi connectivity index (χ0) is 12.9. The fraction of sp³-hybridized carbons (Fsp3) is 0.364. The van der Waals surface area contributed by atoms with Gasteiger partial charge in [-0.05, 0) is 11.5 Å². The second-order valence-electron chi connectivity index (χ2n) is 3.88. The van der Waals surface area contributed by atoms with Crippen LogP contribution in [0.5, 0.6) is 0 Å². The summed E-state index contributed by atoms with van der Waals surface area (Å²) in [4.78, 5) is 0.140. The van der Waals surface area contributed by atoms with Gasteiger partial charge in [-0.15, -0.1) is 0 Å². The minimum absolute atomic E-state index is 0.0131. The van der Waals surface area contributed by atoms with E-state index in [1.165, 1.54) is 0 Å². The highest BCUT2D eigenvalue weighted by molar-refractivity contribution is 7.89. The lowest BCUT2D eigenvalue weighted by molar-refractivity contribution is 0.581. The number of benzene rings is 1. The molecule has 0 heterocycles. The summed E-state index contributed by atoms with van der Waals surface area (Å²) >= 11 is 4.62. The summed E-state index contributed by atoms with van der Waals surface area (Å²) in [6.07, 6.45) is 0. The van der Waals surface area contributed by atoms with E-state index in [1.54, 1.807) is 0 Å². The van der Waals surface area contributed by atoms with Gasteiger partial charge in [-0.2, -0.15) is 0 Å². The van der Waals surface area contributed by atoms with E-state index >= 15 is 0 Å². The smallest absolute Gasteiger partial charge is 0.212 e. The fourth-order valence-corrected chi connectivity index (χ4v) is 2.95. The Kier molecular flexibility index (Phi) is 5.04. The monoisotopic (exact) mass is 272 g/mol. The molecule has 94 valence electrons. The van der Waals surface area contributed by atoms with Crippen molar-refractivity contribution in [2.24, 2.45) is 5.73 Å². The maximum absolute atomic E-state index is 11.7. The molecule has 0 aliphatic rings. The van der Waals surface area contributed by atoms with Gasteiger partial charge < -0.3 is 5.73 Å². The maximum atomic E-state index is 11.7. The molecule has 1 aromatic carbocycles. The lowest BCUT2D eigenvalue weighted by Crippen LogP contribution is -2.35. The van der Waals surface area contributed by atoms with Gasteiger partial charge in [-0.1, -0.05) is 49.5 Å². The SMILES string of the molecule is CC(CS(=O)(=O)NCC(N)=S)c1ccccc1. The summed E-state index contributed by atoms with van der Waals surface area (Å²) < 4.78 is 25.7. The van der Waals surface area contributed by atoms with Crippen molar-refractivity contribution in [3.05, 3.63) is 35.9 Å². The minimum Gasteiger partial charge on any atom is -0.392 e. The first kappa shape index (κ1) is 14.1. The summed E-state index contributed by atoms with van der Waals surface area (Å²) in [6.45, 7) is 1.88. The van der Waals surface area contributed by atoms with E-state index in [2.05, 4.69) is 16.9 Å². The summed E-state index contributed by atoms with van der Waals surface area (Å²) in [7, 11) is -3.34. The molecule has 17 heavy (non-hydrogen) atoms. The molecule has 1 unspecified atom stereocenters. The highest BCUT2D eigenvalue weighted by Gasteiger charge is 2.16. The van der Waals surface area contributed by atoms with E-state index in [0.717, 1.165) is 5.56 Å². The molecule has 0 saturated heterocycles. The third-order valence-electron chi connectivity index (χ3n) is 2.30. The zero-order valence-electron chi connectivity index (χ0n) is 9.59. The molecule has 0 bridgehead atoms. The van der Waals surface area contributed by atoms with E-state index in [-0.39, 0.29) is 23.2 Å². The number of hydrogen-bond acceptors (Lipinski definition) is 3. The number of rotatable bonds is 6. The van der Waals surface area contributed by atoms with Gasteiger partial charge in [0.05, 0.1) is 17.3 Å². The van der Waals surface area contributed by atoms with Crippen LogP contribution in [0, 0.1) is 0 Å². The lowest BCUT2D eigenvalue weighted by Gasteiger charge is -2.12. The summed E-state index contributed by atoms with van der Waals surface area (Å²) in [5.41, 5.74) is 6.24. The minimum atomic E-state index is -3.34. The van der Waals surface area contributed by atoms with Crippen LogP contribution in [-0.2, 0) is 10.0 Å². The van der Waals surface area contributed by atoms with Gasteiger partial charge in [-0.25, -0.2) is 13.1 Å². The van der Waals surface area contributed by atoms with Crippen molar-refractivity contribution in [1.82, 2.24) is 4.72 Å². The second-order valence-corrected chi connectivity index (χ2v) is 6.26. The molecule has 0 aliphatic heterocycles. The van der Waals surface area contributed by atoms with Crippen molar-refractivity contribution < 1.29 is 8.42 Å². The van der Waals surface area contributed by atoms with Gasteiger partial charge in [0, 0.05) is 0 Å². The van der Waals surface area contributed by atoms with Crippen LogP contribution >= 0.6 is 12.2 Å². The molecule has 1 atom stereocenters. The van der Waals surface area contributed by atoms with Crippen molar-refractivity contribution in [1.29, 1.82) is 0 Å². The van der Waals surface area contributed by atoms with Crippen molar-refractivity contribution in [3.63, 3.8) is 0 Å². The Morgan fingerprint density at radius 2 is 2.00 bits per heavy atom. The largest absolute Gasteiger partial charge is 0.392 e. The van der Waals surface area contributed by atoms with Crippen molar-refractivity contribution in [3.8, 4) is 0 Å². The topological polar surface area (TPSA) is 72.2 Å². The van der Waals surface area contributed by atoms with Crippen LogP contribution in [0.2, 0.25) is 0 Å². The van der Waals surface area contributed by atoms with E-state index in [0.29, 0.717) is 0 Å². The van der Waals surface area contributed by atoms with Crippen molar-refractivity contribution >= 4 is 27.2 Å². The Hall–Kier alpha value is -0.980. The third kappa shape index (κ3) is 5.25. The normalized spacial score (nSPS) is 13.2. The van der Waals surface area contributed by atoms with Gasteiger partial charge in [0.25, 0.3) is 0 Å². The zero-order valence-corrected chi connectivity index (χ0v) is 11.2. The van der Waals surface area contributed by atoms with Gasteiger partial charge in [-0.3, -0.25) is 0 Å².